The molecule has 2 rings (SSSR count). The highest BCUT2D eigenvalue weighted by Crippen LogP contribution is 2.05. The number of hydrogen-bond donors (Lipinski definition) is 1. The van der Waals surface area contributed by atoms with Crippen LogP contribution >= 0.6 is 11.6 Å². The molecule has 16 heavy (non-hydrogen) atoms. The third kappa shape index (κ3) is 2.52. The summed E-state index contributed by atoms with van der Waals surface area (Å²) < 4.78 is 0. The van der Waals surface area contributed by atoms with E-state index in [0.29, 0.717) is 5.82 Å². The lowest BCUT2D eigenvalue weighted by Crippen LogP contribution is -2.14. The molecule has 0 bridgehead atoms. The summed E-state index contributed by atoms with van der Waals surface area (Å²) in [6.45, 7) is 0. The average Bonchev–Trinajstić information content (AvgIpc) is 2.30. The number of pyridine rings is 1. The number of aromatic nitrogens is 3. The van der Waals surface area contributed by atoms with Crippen LogP contribution in [0.25, 0.3) is 0 Å². The summed E-state index contributed by atoms with van der Waals surface area (Å²) in [5, 5.41) is 2.62. The van der Waals surface area contributed by atoms with Crippen molar-refractivity contribution in [2.75, 3.05) is 5.32 Å². The van der Waals surface area contributed by atoms with E-state index in [1.165, 1.54) is 12.3 Å². The highest BCUT2D eigenvalue weighted by atomic mass is 35.5. The Bertz CT molecular complexity index is 503. The number of carbonyl (C=O) groups excluding carboxylic acids is 1. The van der Waals surface area contributed by atoms with Crippen molar-refractivity contribution in [3.63, 3.8) is 0 Å². The smallest absolute Gasteiger partial charge is 0.275 e. The van der Waals surface area contributed by atoms with E-state index in [9.17, 15) is 4.79 Å². The molecule has 0 aromatic carbocycles. The fraction of sp³-hybridized carbons (Fsp3) is 0. The normalized spacial score (nSPS) is 9.81. The molecule has 2 aromatic rings. The van der Waals surface area contributed by atoms with Gasteiger partial charge in [0.05, 0.1) is 0 Å². The maximum atomic E-state index is 11.7. The molecule has 0 aliphatic carbocycles. The van der Waals surface area contributed by atoms with E-state index >= 15 is 0 Å². The van der Waals surface area contributed by atoms with Crippen molar-refractivity contribution in [2.45, 2.75) is 0 Å². The Hall–Kier alpha value is -2.01. The highest BCUT2D eigenvalue weighted by molar-refractivity contribution is 6.28. The summed E-state index contributed by atoms with van der Waals surface area (Å²) in [5.41, 5.74) is 0.200. The summed E-state index contributed by atoms with van der Waals surface area (Å²) in [5.74, 6) is 0.0882. The summed E-state index contributed by atoms with van der Waals surface area (Å²) in [7, 11) is 0. The van der Waals surface area contributed by atoms with E-state index in [1.54, 1.807) is 24.4 Å². The summed E-state index contributed by atoms with van der Waals surface area (Å²) in [6.07, 6.45) is 3.01. The molecule has 0 atom stereocenters. The molecular weight excluding hydrogens is 228 g/mol. The van der Waals surface area contributed by atoms with Crippen molar-refractivity contribution in [3.05, 3.63) is 47.6 Å². The van der Waals surface area contributed by atoms with Gasteiger partial charge in [-0.05, 0) is 29.8 Å². The standard InChI is InChI=1S/C10H7ClN4O/c11-10-13-6-4-7(14-10)9(16)15-8-3-1-2-5-12-8/h1-6H,(H,12,15,16). The van der Waals surface area contributed by atoms with Crippen LogP contribution in [0.1, 0.15) is 10.5 Å². The molecule has 0 radical (unpaired) electrons. The Morgan fingerprint density at radius 3 is 2.75 bits per heavy atom. The number of amides is 1. The van der Waals surface area contributed by atoms with Crippen molar-refractivity contribution >= 4 is 23.3 Å². The van der Waals surface area contributed by atoms with Gasteiger partial charge in [0.2, 0.25) is 5.28 Å². The zero-order valence-electron chi connectivity index (χ0n) is 8.09. The van der Waals surface area contributed by atoms with Gasteiger partial charge in [0.15, 0.2) is 0 Å². The average molecular weight is 235 g/mol. The minimum atomic E-state index is -0.372. The largest absolute Gasteiger partial charge is 0.305 e. The Balaban J connectivity index is 2.15. The maximum absolute atomic E-state index is 11.7. The molecule has 1 N–H and O–H groups in total. The van der Waals surface area contributed by atoms with Crippen LogP contribution in [0, 0.1) is 0 Å². The molecule has 5 nitrogen and oxygen atoms in total. The Morgan fingerprint density at radius 2 is 2.06 bits per heavy atom. The quantitative estimate of drug-likeness (QED) is 0.805. The van der Waals surface area contributed by atoms with Gasteiger partial charge in [-0.2, -0.15) is 0 Å². The van der Waals surface area contributed by atoms with Crippen LogP contribution in [0.2, 0.25) is 5.28 Å². The van der Waals surface area contributed by atoms with Gasteiger partial charge in [-0.15, -0.1) is 0 Å². The van der Waals surface area contributed by atoms with Gasteiger partial charge in [0.1, 0.15) is 11.5 Å². The van der Waals surface area contributed by atoms with Crippen LogP contribution in [0.5, 0.6) is 0 Å². The van der Waals surface area contributed by atoms with Gasteiger partial charge < -0.3 is 5.32 Å². The lowest BCUT2D eigenvalue weighted by molar-refractivity contribution is 0.102. The van der Waals surface area contributed by atoms with E-state index in [-0.39, 0.29) is 16.9 Å². The zero-order chi connectivity index (χ0) is 11.4. The van der Waals surface area contributed by atoms with Crippen molar-refractivity contribution in [3.8, 4) is 0 Å². The number of carbonyl (C=O) groups is 1. The minimum Gasteiger partial charge on any atom is -0.305 e. The monoisotopic (exact) mass is 234 g/mol. The first kappa shape index (κ1) is 10.5. The Morgan fingerprint density at radius 1 is 1.19 bits per heavy atom. The van der Waals surface area contributed by atoms with Crippen LogP contribution in [0.15, 0.2) is 36.7 Å². The fourth-order valence-corrected chi connectivity index (χ4v) is 1.23. The number of anilines is 1. The topological polar surface area (TPSA) is 67.8 Å². The number of nitrogens with zero attached hydrogens (tertiary/aromatic N) is 3. The summed E-state index contributed by atoms with van der Waals surface area (Å²) in [4.78, 5) is 23.1. The molecule has 80 valence electrons. The molecular formula is C10H7ClN4O. The molecule has 2 aromatic heterocycles. The van der Waals surface area contributed by atoms with Crippen LogP contribution in [0.3, 0.4) is 0 Å². The van der Waals surface area contributed by atoms with Crippen molar-refractivity contribution in [1.29, 1.82) is 0 Å². The SMILES string of the molecule is O=C(Nc1ccccn1)c1ccnc(Cl)n1. The molecule has 0 aliphatic rings. The number of nitrogens with one attached hydrogen (secondary N) is 1. The van der Waals surface area contributed by atoms with E-state index in [0.717, 1.165) is 0 Å². The lowest BCUT2D eigenvalue weighted by Gasteiger charge is -2.02. The predicted molar refractivity (Wildman–Crippen MR) is 59.2 cm³/mol. The van der Waals surface area contributed by atoms with Crippen LogP contribution in [0.4, 0.5) is 5.82 Å². The summed E-state index contributed by atoms with van der Waals surface area (Å²) in [6, 6.07) is 6.69. The maximum Gasteiger partial charge on any atom is 0.275 e. The third-order valence-corrected chi connectivity index (χ3v) is 1.95. The van der Waals surface area contributed by atoms with E-state index < -0.39 is 0 Å². The first-order valence-corrected chi connectivity index (χ1v) is 4.84. The zero-order valence-corrected chi connectivity index (χ0v) is 8.85. The molecule has 2 heterocycles. The summed E-state index contributed by atoms with van der Waals surface area (Å²) >= 11 is 5.57. The van der Waals surface area contributed by atoms with Crippen molar-refractivity contribution in [1.82, 2.24) is 15.0 Å². The fourth-order valence-electron chi connectivity index (χ4n) is 1.08. The molecule has 1 amide bonds. The molecule has 0 aliphatic heterocycles. The predicted octanol–water partition coefficient (Wildman–Crippen LogP) is 1.78. The lowest BCUT2D eigenvalue weighted by atomic mass is 10.4. The van der Waals surface area contributed by atoms with Gasteiger partial charge in [-0.25, -0.2) is 15.0 Å². The Kier molecular flexibility index (Phi) is 3.07. The van der Waals surface area contributed by atoms with Crippen LogP contribution in [-0.2, 0) is 0 Å². The van der Waals surface area contributed by atoms with Crippen LogP contribution in [-0.4, -0.2) is 20.9 Å². The van der Waals surface area contributed by atoms with E-state index in [2.05, 4.69) is 20.3 Å². The van der Waals surface area contributed by atoms with Gasteiger partial charge in [0.25, 0.3) is 5.91 Å². The molecule has 0 spiro atoms. The second kappa shape index (κ2) is 4.67. The minimum absolute atomic E-state index is 0.0358. The Labute approximate surface area is 96.5 Å². The number of halogens is 1. The third-order valence-electron chi connectivity index (χ3n) is 1.77. The molecule has 0 saturated carbocycles. The second-order valence-electron chi connectivity index (χ2n) is 2.88. The van der Waals surface area contributed by atoms with E-state index in [1.807, 2.05) is 0 Å². The van der Waals surface area contributed by atoms with Gasteiger partial charge in [0, 0.05) is 12.4 Å². The molecule has 0 unspecified atom stereocenters. The van der Waals surface area contributed by atoms with Gasteiger partial charge >= 0.3 is 0 Å². The highest BCUT2D eigenvalue weighted by Gasteiger charge is 2.08. The van der Waals surface area contributed by atoms with Crippen molar-refractivity contribution in [2.24, 2.45) is 0 Å². The first-order valence-electron chi connectivity index (χ1n) is 4.46. The number of rotatable bonds is 2. The molecule has 0 fully saturated rings. The molecule has 0 saturated heterocycles. The van der Waals surface area contributed by atoms with Gasteiger partial charge in [-0.1, -0.05) is 6.07 Å². The molecule has 6 heteroatoms. The van der Waals surface area contributed by atoms with Gasteiger partial charge in [-0.3, -0.25) is 4.79 Å². The van der Waals surface area contributed by atoms with Crippen LogP contribution < -0.4 is 5.32 Å². The van der Waals surface area contributed by atoms with Crippen molar-refractivity contribution < 1.29 is 4.79 Å². The first-order chi connectivity index (χ1) is 7.75. The van der Waals surface area contributed by atoms with E-state index in [4.69, 9.17) is 11.6 Å². The number of hydrogen-bond acceptors (Lipinski definition) is 4. The second-order valence-corrected chi connectivity index (χ2v) is 3.22.